The molecule has 0 atom stereocenters. The van der Waals surface area contributed by atoms with Gasteiger partial charge >= 0.3 is 30.2 Å². The van der Waals surface area contributed by atoms with Crippen LogP contribution in [0.3, 0.4) is 0 Å². The van der Waals surface area contributed by atoms with Crippen molar-refractivity contribution in [3.8, 4) is 0 Å². The van der Waals surface area contributed by atoms with Gasteiger partial charge in [0.05, 0.1) is 0 Å². The zero-order chi connectivity index (χ0) is 27.4. The summed E-state index contributed by atoms with van der Waals surface area (Å²) in [5.74, 6) is 0. The molecule has 4 heteroatoms. The van der Waals surface area contributed by atoms with Gasteiger partial charge in [-0.25, -0.2) is 0 Å². The molecule has 206 valence electrons. The van der Waals surface area contributed by atoms with Crippen LogP contribution in [0.15, 0.2) is 78.9 Å². The fourth-order valence-electron chi connectivity index (χ4n) is 4.85. The topological polar surface area (TPSA) is 0 Å². The average molecular weight is 652 g/mol. The molecule has 5 rings (SSSR count). The van der Waals surface area contributed by atoms with E-state index in [2.05, 4.69) is 104 Å². The molecule has 2 radical (unpaired) electrons. The van der Waals surface area contributed by atoms with Crippen molar-refractivity contribution in [1.29, 1.82) is 0 Å². The van der Waals surface area contributed by atoms with E-state index in [9.17, 15) is 0 Å². The number of rotatable bonds is 4. The predicted molar refractivity (Wildman–Crippen MR) is 163 cm³/mol. The molecule has 0 amide bonds. The molecule has 0 unspecified atom stereocenters. The maximum atomic E-state index is 3.72. The molecule has 5 aromatic carbocycles. The fourth-order valence-corrected chi connectivity index (χ4v) is 4.85. The zero-order valence-electron chi connectivity index (χ0n) is 24.3. The first-order valence-corrected chi connectivity index (χ1v) is 17.5. The summed E-state index contributed by atoms with van der Waals surface area (Å²) in [6.07, 6.45) is 4.85. The van der Waals surface area contributed by atoms with Crippen molar-refractivity contribution in [1.82, 2.24) is 0 Å². The third-order valence-corrected chi connectivity index (χ3v) is 6.60. The molecule has 0 aliphatic carbocycles. The average Bonchev–Trinajstić information content (AvgIpc) is 3.47. The molecule has 5 aromatic rings. The first-order valence-electron chi connectivity index (χ1n) is 13.3. The van der Waals surface area contributed by atoms with E-state index in [1.165, 1.54) is 104 Å². The number of benzene rings is 3. The zero-order valence-corrected chi connectivity index (χ0v) is 29.3. The minimum atomic E-state index is 0. The Morgan fingerprint density at radius 3 is 1.33 bits per heavy atom. The summed E-state index contributed by atoms with van der Waals surface area (Å²) in [5, 5.41) is 5.72. The molecule has 0 aromatic heterocycles. The molecular weight excluding hydrogens is 611 g/mol. The number of aryl methyl sites for hydroxylation is 6. The van der Waals surface area contributed by atoms with Crippen LogP contribution in [0.5, 0.6) is 0 Å². The van der Waals surface area contributed by atoms with Crippen LogP contribution < -0.4 is 24.8 Å². The Balaban J connectivity index is 0.000000549. The molecule has 0 aliphatic heterocycles. The number of halogens is 2. The predicted octanol–water partition coefficient (Wildman–Crippen LogP) is 3.75. The van der Waals surface area contributed by atoms with Crippen LogP contribution in [0, 0.1) is 34.6 Å². The molecule has 0 fully saturated rings. The quantitative estimate of drug-likeness (QED) is 0.205. The van der Waals surface area contributed by atoms with Gasteiger partial charge in [0.25, 0.3) is 0 Å². The van der Waals surface area contributed by atoms with Gasteiger partial charge in [-0.3, -0.25) is 0 Å². The molecule has 39 heavy (non-hydrogen) atoms. The fraction of sp³-hybridized carbons (Fsp3) is 0.286. The monoisotopic (exact) mass is 649 g/mol. The molecule has 0 saturated heterocycles. The molecule has 0 aliphatic rings. The van der Waals surface area contributed by atoms with Gasteiger partial charge in [-0.15, -0.1) is 81.2 Å². The summed E-state index contributed by atoms with van der Waals surface area (Å²) < 4.78 is 0. The van der Waals surface area contributed by atoms with Gasteiger partial charge in [0.2, 0.25) is 0 Å². The summed E-state index contributed by atoms with van der Waals surface area (Å²) in [7, 11) is 0. The first kappa shape index (κ1) is 37.4. The summed E-state index contributed by atoms with van der Waals surface area (Å²) in [4.78, 5) is 0. The number of hydrogen-bond donors (Lipinski definition) is 0. The van der Waals surface area contributed by atoms with E-state index in [0.717, 1.165) is 5.56 Å². The van der Waals surface area contributed by atoms with Gasteiger partial charge in [0, 0.05) is 0 Å². The van der Waals surface area contributed by atoms with Crippen LogP contribution >= 0.6 is 0 Å². The molecule has 0 nitrogen and oxygen atoms in total. The Morgan fingerprint density at radius 2 is 1.03 bits per heavy atom. The SMILES string of the molecule is CCCc1c(C)ccc2[cH-]c(C)cc12.CCCc1c(C)ccc2[cH-]c(C)cc12.[CH2-]c1ccccc1.[Cl-].[Cl-].[Si]=[Zr+2]. The molecule has 0 N–H and O–H groups in total. The van der Waals surface area contributed by atoms with Gasteiger partial charge in [-0.05, 0) is 26.7 Å². The number of hydrogen-bond acceptors (Lipinski definition) is 0. The van der Waals surface area contributed by atoms with Gasteiger partial charge in [-0.1, -0.05) is 68.9 Å². The van der Waals surface area contributed by atoms with E-state index >= 15 is 0 Å². The second-order valence-electron chi connectivity index (χ2n) is 9.78. The molecule has 0 heterocycles. The number of fused-ring (bicyclic) bond motifs is 2. The third-order valence-electron chi connectivity index (χ3n) is 6.60. The second-order valence-corrected chi connectivity index (χ2v) is 9.78. The minimum absolute atomic E-state index is 0. The third kappa shape index (κ3) is 11.1. The van der Waals surface area contributed by atoms with Gasteiger partial charge < -0.3 is 24.8 Å². The first-order chi connectivity index (χ1) is 17.8. The van der Waals surface area contributed by atoms with Crippen LogP contribution in [-0.4, -0.2) is 6.88 Å². The van der Waals surface area contributed by atoms with Crippen LogP contribution in [0.1, 0.15) is 65.6 Å². The van der Waals surface area contributed by atoms with Crippen molar-refractivity contribution in [2.24, 2.45) is 0 Å². The second kappa shape index (κ2) is 19.5. The Hall–Kier alpha value is -1.57. The van der Waals surface area contributed by atoms with Crippen molar-refractivity contribution < 1.29 is 48.1 Å². The van der Waals surface area contributed by atoms with Crippen molar-refractivity contribution in [2.75, 3.05) is 0 Å². The molecule has 0 bridgehead atoms. The molecule has 0 spiro atoms. The standard InChI is InChI=1S/2C14H17.C7H7.2ClH.Si.Zr/c2*1-4-5-13-11(3)6-7-12-8-10(2)9-14(12)13;1-7-5-3-2-4-6-7;;;;/h2*6-9H,4-5H2,1-3H3;2-6H,1H2;2*1H;;/q3*-1;;;;+2/p-2. The van der Waals surface area contributed by atoms with E-state index in [4.69, 9.17) is 0 Å². The van der Waals surface area contributed by atoms with Crippen molar-refractivity contribution in [3.05, 3.63) is 125 Å². The van der Waals surface area contributed by atoms with Crippen molar-refractivity contribution >= 4 is 28.4 Å². The Bertz CT molecular complexity index is 1290. The summed E-state index contributed by atoms with van der Waals surface area (Å²) in [6.45, 7) is 20.0. The summed E-state index contributed by atoms with van der Waals surface area (Å²) in [5.41, 5.74) is 9.78. The Labute approximate surface area is 266 Å². The van der Waals surface area contributed by atoms with Gasteiger partial charge in [0.1, 0.15) is 0 Å². The normalized spacial score (nSPS) is 9.64. The van der Waals surface area contributed by atoms with Crippen LogP contribution in [-0.2, 0) is 36.2 Å². The maximum absolute atomic E-state index is 3.72. The molecular formula is C35H41Cl2SiZr-3. The summed E-state index contributed by atoms with van der Waals surface area (Å²) in [6, 6.07) is 28.0. The molecule has 0 saturated carbocycles. The van der Waals surface area contributed by atoms with E-state index in [1.54, 1.807) is 0 Å². The van der Waals surface area contributed by atoms with Crippen LogP contribution in [0.4, 0.5) is 0 Å². The van der Waals surface area contributed by atoms with Gasteiger partial charge in [-0.2, -0.15) is 36.8 Å². The van der Waals surface area contributed by atoms with E-state index in [1.807, 2.05) is 30.3 Å². The van der Waals surface area contributed by atoms with Crippen LogP contribution in [0.2, 0.25) is 0 Å². The van der Waals surface area contributed by atoms with E-state index in [-0.39, 0.29) is 24.8 Å². The van der Waals surface area contributed by atoms with Crippen LogP contribution in [0.25, 0.3) is 21.5 Å². The Morgan fingerprint density at radius 1 is 0.641 bits per heavy atom. The van der Waals surface area contributed by atoms with E-state index in [0.29, 0.717) is 0 Å². The van der Waals surface area contributed by atoms with E-state index < -0.39 is 0 Å². The van der Waals surface area contributed by atoms with Crippen molar-refractivity contribution in [2.45, 2.75) is 67.2 Å². The van der Waals surface area contributed by atoms with Gasteiger partial charge in [0.15, 0.2) is 0 Å². The van der Waals surface area contributed by atoms with Crippen molar-refractivity contribution in [3.63, 3.8) is 0 Å². The Kier molecular flexibility index (Phi) is 18.7. The summed E-state index contributed by atoms with van der Waals surface area (Å²) >= 11 is 1.36.